The maximum absolute atomic E-state index is 12.7. The number of anilines is 1. The molecule has 1 aromatic heterocycles. The first-order valence-electron chi connectivity index (χ1n) is 8.45. The van der Waals surface area contributed by atoms with Gasteiger partial charge in [0.25, 0.3) is 0 Å². The number of imide groups is 2. The molecule has 4 rings (SSSR count). The minimum Gasteiger partial charge on any atom is -0.464 e. The minimum absolute atomic E-state index is 0.268. The maximum atomic E-state index is 12.7. The highest BCUT2D eigenvalue weighted by atomic mass is 16.3. The average molecular weight is 338 g/mol. The lowest BCUT2D eigenvalue weighted by Crippen LogP contribution is -2.55. The number of nitrogens with zero attached hydrogens (tertiary/aromatic N) is 2. The maximum Gasteiger partial charge on any atom is 0.338 e. The Hall–Kier alpha value is -2.89. The van der Waals surface area contributed by atoms with Gasteiger partial charge in [0.2, 0.25) is 11.8 Å². The predicted molar refractivity (Wildman–Crippen MR) is 90.7 cm³/mol. The molecule has 128 valence electrons. The zero-order valence-electron chi connectivity index (χ0n) is 13.7. The molecule has 0 bridgehead atoms. The van der Waals surface area contributed by atoms with E-state index in [1.54, 1.807) is 36.6 Å². The lowest BCUT2D eigenvalue weighted by molar-refractivity contribution is -0.134. The van der Waals surface area contributed by atoms with Gasteiger partial charge in [-0.1, -0.05) is 12.8 Å². The molecule has 4 amide bonds. The summed E-state index contributed by atoms with van der Waals surface area (Å²) in [5.74, 6) is 0.436. The van der Waals surface area contributed by atoms with E-state index in [0.717, 1.165) is 29.7 Å². The molecule has 6 nitrogen and oxygen atoms in total. The summed E-state index contributed by atoms with van der Waals surface area (Å²) in [4.78, 5) is 39.3. The Bertz CT molecular complexity index is 806. The molecule has 1 aliphatic heterocycles. The molecule has 1 aromatic carbocycles. The number of hydrogen-bond donors (Lipinski definition) is 0. The molecular weight excluding hydrogens is 320 g/mol. The summed E-state index contributed by atoms with van der Waals surface area (Å²) in [7, 11) is 0. The van der Waals surface area contributed by atoms with Gasteiger partial charge in [-0.05, 0) is 48.7 Å². The van der Waals surface area contributed by atoms with Crippen LogP contribution in [0, 0.1) is 5.92 Å². The summed E-state index contributed by atoms with van der Waals surface area (Å²) in [5.41, 5.74) is 1.32. The van der Waals surface area contributed by atoms with E-state index < -0.39 is 17.8 Å². The summed E-state index contributed by atoms with van der Waals surface area (Å²) in [5, 5.41) is 0. The van der Waals surface area contributed by atoms with Crippen molar-refractivity contribution < 1.29 is 18.8 Å². The molecule has 1 saturated carbocycles. The van der Waals surface area contributed by atoms with Crippen LogP contribution in [0.2, 0.25) is 0 Å². The number of benzene rings is 1. The summed E-state index contributed by atoms with van der Waals surface area (Å²) in [6.07, 6.45) is 4.46. The van der Waals surface area contributed by atoms with Crippen LogP contribution >= 0.6 is 0 Å². The third kappa shape index (κ3) is 3.07. The standard InChI is InChI=1S/C19H18N2O4/c22-17-12-18(23)21(19(24)20(17)10-9-13-3-4-13)15-7-5-14(6-8-15)16-2-1-11-25-16/h1-2,5-8,11,13H,3-4,9-10,12H2. The van der Waals surface area contributed by atoms with E-state index in [-0.39, 0.29) is 6.42 Å². The van der Waals surface area contributed by atoms with Crippen LogP contribution in [0.25, 0.3) is 11.3 Å². The van der Waals surface area contributed by atoms with Gasteiger partial charge < -0.3 is 4.42 Å². The Labute approximate surface area is 145 Å². The van der Waals surface area contributed by atoms with Crippen molar-refractivity contribution in [3.63, 3.8) is 0 Å². The van der Waals surface area contributed by atoms with Crippen LogP contribution in [0.4, 0.5) is 10.5 Å². The Balaban J connectivity index is 1.55. The molecule has 0 radical (unpaired) electrons. The van der Waals surface area contributed by atoms with Gasteiger partial charge in [0, 0.05) is 12.1 Å². The summed E-state index contributed by atoms with van der Waals surface area (Å²) >= 11 is 0. The molecule has 0 unspecified atom stereocenters. The second kappa shape index (κ2) is 6.20. The van der Waals surface area contributed by atoms with Gasteiger partial charge in [-0.2, -0.15) is 0 Å². The predicted octanol–water partition coefficient (Wildman–Crippen LogP) is 3.43. The number of hydrogen-bond acceptors (Lipinski definition) is 4. The Kier molecular flexibility index (Phi) is 3.87. The van der Waals surface area contributed by atoms with E-state index in [1.165, 1.54) is 4.90 Å². The van der Waals surface area contributed by atoms with E-state index >= 15 is 0 Å². The number of amides is 4. The normalized spacial score (nSPS) is 18.2. The van der Waals surface area contributed by atoms with Crippen LogP contribution in [-0.2, 0) is 9.59 Å². The molecule has 0 atom stereocenters. The quantitative estimate of drug-likeness (QED) is 0.783. The third-order valence-corrected chi connectivity index (χ3v) is 4.66. The average Bonchev–Trinajstić information content (AvgIpc) is 3.26. The summed E-state index contributed by atoms with van der Waals surface area (Å²) in [6.45, 7) is 0.386. The number of carbonyl (C=O) groups excluding carboxylic acids is 3. The van der Waals surface area contributed by atoms with Crippen molar-refractivity contribution in [2.75, 3.05) is 11.4 Å². The smallest absolute Gasteiger partial charge is 0.338 e. The van der Waals surface area contributed by atoms with Gasteiger partial charge >= 0.3 is 6.03 Å². The molecule has 2 fully saturated rings. The van der Waals surface area contributed by atoms with E-state index in [2.05, 4.69) is 0 Å². The summed E-state index contributed by atoms with van der Waals surface area (Å²) < 4.78 is 5.34. The molecule has 1 saturated heterocycles. The first kappa shape index (κ1) is 15.6. The molecule has 0 N–H and O–H groups in total. The van der Waals surface area contributed by atoms with Crippen molar-refractivity contribution in [2.24, 2.45) is 5.92 Å². The number of furan rings is 1. The fourth-order valence-electron chi connectivity index (χ4n) is 3.05. The van der Waals surface area contributed by atoms with Crippen LogP contribution in [0.15, 0.2) is 47.1 Å². The van der Waals surface area contributed by atoms with Gasteiger partial charge in [0.1, 0.15) is 12.2 Å². The zero-order valence-corrected chi connectivity index (χ0v) is 13.7. The fraction of sp³-hybridized carbons (Fsp3) is 0.316. The highest BCUT2D eigenvalue weighted by Crippen LogP contribution is 2.33. The van der Waals surface area contributed by atoms with Crippen LogP contribution in [0.3, 0.4) is 0 Å². The zero-order chi connectivity index (χ0) is 17.4. The molecule has 2 heterocycles. The second-order valence-corrected chi connectivity index (χ2v) is 6.49. The van der Waals surface area contributed by atoms with E-state index in [4.69, 9.17) is 4.42 Å². The van der Waals surface area contributed by atoms with Gasteiger partial charge in [-0.15, -0.1) is 0 Å². The van der Waals surface area contributed by atoms with Crippen molar-refractivity contribution in [3.05, 3.63) is 42.7 Å². The van der Waals surface area contributed by atoms with Crippen molar-refractivity contribution in [1.29, 1.82) is 0 Å². The highest BCUT2D eigenvalue weighted by molar-refractivity contribution is 6.26. The van der Waals surface area contributed by atoms with E-state index in [0.29, 0.717) is 23.9 Å². The summed E-state index contributed by atoms with van der Waals surface area (Å²) in [6, 6.07) is 10.1. The van der Waals surface area contributed by atoms with Crippen LogP contribution in [0.1, 0.15) is 25.7 Å². The molecule has 2 aromatic rings. The van der Waals surface area contributed by atoms with Crippen LogP contribution in [0.5, 0.6) is 0 Å². The third-order valence-electron chi connectivity index (χ3n) is 4.66. The first-order valence-corrected chi connectivity index (χ1v) is 8.45. The van der Waals surface area contributed by atoms with Crippen molar-refractivity contribution in [3.8, 4) is 11.3 Å². The van der Waals surface area contributed by atoms with Crippen LogP contribution in [-0.4, -0.2) is 29.3 Å². The largest absolute Gasteiger partial charge is 0.464 e. The molecule has 1 aliphatic carbocycles. The van der Waals surface area contributed by atoms with Gasteiger partial charge in [-0.3, -0.25) is 14.5 Å². The molecule has 25 heavy (non-hydrogen) atoms. The molecule has 0 spiro atoms. The minimum atomic E-state index is -0.548. The van der Waals surface area contributed by atoms with E-state index in [9.17, 15) is 14.4 Å². The number of carbonyl (C=O) groups is 3. The topological polar surface area (TPSA) is 70.8 Å². The van der Waals surface area contributed by atoms with Gasteiger partial charge in [-0.25, -0.2) is 9.69 Å². The lowest BCUT2D eigenvalue weighted by Gasteiger charge is -2.32. The molecule has 2 aliphatic rings. The Morgan fingerprint density at radius 3 is 2.40 bits per heavy atom. The SMILES string of the molecule is O=C1CC(=O)N(c2ccc(-c3ccco3)cc2)C(=O)N1CCC1CC1. The molecule has 6 heteroatoms. The lowest BCUT2D eigenvalue weighted by atomic mass is 10.1. The second-order valence-electron chi connectivity index (χ2n) is 6.49. The van der Waals surface area contributed by atoms with Gasteiger partial charge in [0.15, 0.2) is 0 Å². The number of rotatable bonds is 5. The van der Waals surface area contributed by atoms with Crippen LogP contribution < -0.4 is 4.90 Å². The van der Waals surface area contributed by atoms with Crippen molar-refractivity contribution in [2.45, 2.75) is 25.7 Å². The number of urea groups is 1. The van der Waals surface area contributed by atoms with Crippen molar-refractivity contribution >= 4 is 23.5 Å². The van der Waals surface area contributed by atoms with E-state index in [1.807, 2.05) is 6.07 Å². The first-order chi connectivity index (χ1) is 12.1. The number of barbiturate groups is 1. The fourth-order valence-corrected chi connectivity index (χ4v) is 3.05. The van der Waals surface area contributed by atoms with Crippen molar-refractivity contribution in [1.82, 2.24) is 4.90 Å². The monoisotopic (exact) mass is 338 g/mol. The highest BCUT2D eigenvalue weighted by Gasteiger charge is 2.39. The Morgan fingerprint density at radius 2 is 1.76 bits per heavy atom. The Morgan fingerprint density at radius 1 is 1.00 bits per heavy atom. The van der Waals surface area contributed by atoms with Gasteiger partial charge in [0.05, 0.1) is 12.0 Å². The molecular formula is C19H18N2O4.